The minimum Gasteiger partial charge on any atom is -0.444 e. The Labute approximate surface area is 158 Å². The fraction of sp³-hybridized carbons (Fsp3) is 0.550. The molecule has 27 heavy (non-hydrogen) atoms. The lowest BCUT2D eigenvalue weighted by Gasteiger charge is -2.35. The molecular formula is C20H25N3O4. The van der Waals surface area contributed by atoms with E-state index in [1.165, 1.54) is 5.56 Å². The molecule has 0 aromatic heterocycles. The number of carbonyl (C=O) groups is 2. The van der Waals surface area contributed by atoms with E-state index in [1.54, 1.807) is 9.80 Å². The Kier molecular flexibility index (Phi) is 4.32. The lowest BCUT2D eigenvalue weighted by Crippen LogP contribution is -2.55. The molecule has 0 bridgehead atoms. The number of hydrogen-bond acceptors (Lipinski definition) is 5. The van der Waals surface area contributed by atoms with E-state index in [9.17, 15) is 9.59 Å². The molecule has 1 aliphatic carbocycles. The first-order chi connectivity index (χ1) is 12.8. The highest BCUT2D eigenvalue weighted by Gasteiger charge is 2.47. The summed E-state index contributed by atoms with van der Waals surface area (Å²) in [5, 5.41) is 0. The molecule has 2 saturated heterocycles. The molecule has 3 atom stereocenters. The van der Waals surface area contributed by atoms with Crippen LogP contribution in [0.3, 0.4) is 0 Å². The van der Waals surface area contributed by atoms with Crippen LogP contribution in [0.2, 0.25) is 0 Å². The predicted octanol–water partition coefficient (Wildman–Crippen LogP) is 3.01. The van der Waals surface area contributed by atoms with Crippen molar-refractivity contribution in [2.45, 2.75) is 50.8 Å². The molecule has 144 valence electrons. The second-order valence-corrected chi connectivity index (χ2v) is 8.29. The Hall–Kier alpha value is -2.57. The lowest BCUT2D eigenvalue weighted by molar-refractivity contribution is 0.0148. The van der Waals surface area contributed by atoms with Crippen LogP contribution in [0.4, 0.5) is 9.59 Å². The molecule has 7 nitrogen and oxygen atoms in total. The van der Waals surface area contributed by atoms with Gasteiger partial charge in [0.05, 0.1) is 12.6 Å². The van der Waals surface area contributed by atoms with Gasteiger partial charge in [-0.2, -0.15) is 0 Å². The minimum absolute atomic E-state index is 0.132. The zero-order valence-electron chi connectivity index (χ0n) is 15.9. The Morgan fingerprint density at radius 3 is 2.67 bits per heavy atom. The third-order valence-electron chi connectivity index (χ3n) is 5.02. The van der Waals surface area contributed by atoms with E-state index < -0.39 is 5.60 Å². The standard InChI is InChI=1S/C20H25N3O4/c1-20(2,3)27-18(24)22-9-10-23-16(12-22)17(26-19(23)25)21-15-11-14(15)13-7-5-4-6-8-13/h4-8,14-16H,9-12H2,1-3H3/b21-17-/t14-,15+,16+/m1/s1. The zero-order valence-corrected chi connectivity index (χ0v) is 15.9. The number of piperazine rings is 1. The van der Waals surface area contributed by atoms with Crippen LogP contribution in [0.5, 0.6) is 0 Å². The van der Waals surface area contributed by atoms with Gasteiger partial charge in [0.25, 0.3) is 0 Å². The molecule has 7 heteroatoms. The Bertz CT molecular complexity index is 771. The fourth-order valence-electron chi connectivity index (χ4n) is 3.58. The van der Waals surface area contributed by atoms with E-state index in [0.717, 1.165) is 6.42 Å². The van der Waals surface area contributed by atoms with Crippen LogP contribution < -0.4 is 0 Å². The van der Waals surface area contributed by atoms with Gasteiger partial charge in [0.1, 0.15) is 11.6 Å². The van der Waals surface area contributed by atoms with Crippen LogP contribution in [0.25, 0.3) is 0 Å². The highest BCUT2D eigenvalue weighted by Crippen LogP contribution is 2.44. The molecule has 1 saturated carbocycles. The van der Waals surface area contributed by atoms with Crippen molar-refractivity contribution < 1.29 is 19.1 Å². The first-order valence-corrected chi connectivity index (χ1v) is 9.41. The second kappa shape index (κ2) is 6.55. The number of benzene rings is 1. The molecule has 2 amide bonds. The SMILES string of the molecule is CC(C)(C)OC(=O)N1CCN2C(=O)O/C(=N\[C@H]3C[C@@H]3c3ccccc3)[C@@H]2C1. The van der Waals surface area contributed by atoms with Gasteiger partial charge in [0, 0.05) is 19.0 Å². The van der Waals surface area contributed by atoms with Crippen molar-refractivity contribution in [2.75, 3.05) is 19.6 Å². The van der Waals surface area contributed by atoms with Gasteiger partial charge in [-0.25, -0.2) is 14.6 Å². The first kappa shape index (κ1) is 17.8. The van der Waals surface area contributed by atoms with Crippen LogP contribution in [-0.2, 0) is 9.47 Å². The van der Waals surface area contributed by atoms with Crippen LogP contribution in [0.1, 0.15) is 38.7 Å². The number of aliphatic imine (C=N–C) groups is 1. The number of ether oxygens (including phenoxy) is 2. The molecule has 1 aromatic carbocycles. The van der Waals surface area contributed by atoms with Gasteiger partial charge < -0.3 is 14.4 Å². The molecule has 2 aliphatic heterocycles. The average Bonchev–Trinajstić information content (AvgIpc) is 3.32. The van der Waals surface area contributed by atoms with Crippen LogP contribution in [-0.4, -0.2) is 65.2 Å². The number of cyclic esters (lactones) is 1. The zero-order chi connectivity index (χ0) is 19.2. The van der Waals surface area contributed by atoms with E-state index in [-0.39, 0.29) is 24.3 Å². The van der Waals surface area contributed by atoms with Crippen molar-refractivity contribution in [3.05, 3.63) is 35.9 Å². The normalized spacial score (nSPS) is 28.8. The largest absolute Gasteiger partial charge is 0.444 e. The quantitative estimate of drug-likeness (QED) is 0.801. The number of hydrogen-bond donors (Lipinski definition) is 0. The van der Waals surface area contributed by atoms with E-state index in [0.29, 0.717) is 31.4 Å². The Morgan fingerprint density at radius 2 is 1.96 bits per heavy atom. The summed E-state index contributed by atoms with van der Waals surface area (Å²) in [7, 11) is 0. The molecule has 0 N–H and O–H groups in total. The lowest BCUT2D eigenvalue weighted by atomic mass is 10.1. The maximum Gasteiger partial charge on any atom is 0.417 e. The topological polar surface area (TPSA) is 71.4 Å². The predicted molar refractivity (Wildman–Crippen MR) is 99.8 cm³/mol. The number of rotatable bonds is 2. The van der Waals surface area contributed by atoms with E-state index in [4.69, 9.17) is 14.5 Å². The first-order valence-electron chi connectivity index (χ1n) is 9.41. The van der Waals surface area contributed by atoms with Crippen molar-refractivity contribution in [3.63, 3.8) is 0 Å². The summed E-state index contributed by atoms with van der Waals surface area (Å²) in [4.78, 5) is 32.5. The third-order valence-corrected chi connectivity index (χ3v) is 5.02. The van der Waals surface area contributed by atoms with Crippen molar-refractivity contribution in [1.82, 2.24) is 9.80 Å². The molecular weight excluding hydrogens is 346 g/mol. The second-order valence-electron chi connectivity index (χ2n) is 8.29. The van der Waals surface area contributed by atoms with E-state index >= 15 is 0 Å². The summed E-state index contributed by atoms with van der Waals surface area (Å²) in [6, 6.07) is 10.1. The molecule has 0 radical (unpaired) electrons. The number of amides is 2. The molecule has 3 aliphatic rings. The maximum atomic E-state index is 12.4. The molecule has 3 fully saturated rings. The van der Waals surface area contributed by atoms with Crippen molar-refractivity contribution in [2.24, 2.45) is 4.99 Å². The highest BCUT2D eigenvalue weighted by molar-refractivity contribution is 5.99. The summed E-state index contributed by atoms with van der Waals surface area (Å²) in [5.41, 5.74) is 0.705. The van der Waals surface area contributed by atoms with Crippen molar-refractivity contribution in [3.8, 4) is 0 Å². The third kappa shape index (κ3) is 3.77. The Morgan fingerprint density at radius 1 is 1.22 bits per heavy atom. The van der Waals surface area contributed by atoms with E-state index in [1.807, 2.05) is 39.0 Å². The van der Waals surface area contributed by atoms with Gasteiger partial charge in [0.15, 0.2) is 0 Å². The number of carbonyl (C=O) groups excluding carboxylic acids is 2. The summed E-state index contributed by atoms with van der Waals surface area (Å²) in [6.07, 6.45) is 0.210. The number of nitrogens with zero attached hydrogens (tertiary/aromatic N) is 3. The van der Waals surface area contributed by atoms with E-state index in [2.05, 4.69) is 12.1 Å². The summed E-state index contributed by atoms with van der Waals surface area (Å²) < 4.78 is 10.9. The van der Waals surface area contributed by atoms with Crippen LogP contribution >= 0.6 is 0 Å². The van der Waals surface area contributed by atoms with Crippen molar-refractivity contribution >= 4 is 18.1 Å². The molecule has 1 aromatic rings. The average molecular weight is 371 g/mol. The Balaban J connectivity index is 1.45. The fourth-order valence-corrected chi connectivity index (χ4v) is 3.58. The van der Waals surface area contributed by atoms with Gasteiger partial charge in [0.2, 0.25) is 5.90 Å². The van der Waals surface area contributed by atoms with Gasteiger partial charge in [-0.05, 0) is 32.8 Å². The molecule has 4 rings (SSSR count). The van der Waals surface area contributed by atoms with Crippen molar-refractivity contribution in [1.29, 1.82) is 0 Å². The summed E-state index contributed by atoms with van der Waals surface area (Å²) in [5.74, 6) is 0.800. The van der Waals surface area contributed by atoms with Crippen LogP contribution in [0.15, 0.2) is 35.3 Å². The van der Waals surface area contributed by atoms with Gasteiger partial charge in [-0.3, -0.25) is 4.90 Å². The summed E-state index contributed by atoms with van der Waals surface area (Å²) in [6.45, 7) is 6.73. The van der Waals surface area contributed by atoms with Gasteiger partial charge in [-0.15, -0.1) is 0 Å². The maximum absolute atomic E-state index is 12.4. The molecule has 0 unspecified atom stereocenters. The van der Waals surface area contributed by atoms with Gasteiger partial charge >= 0.3 is 12.2 Å². The monoisotopic (exact) mass is 371 g/mol. The number of fused-ring (bicyclic) bond motifs is 1. The summed E-state index contributed by atoms with van der Waals surface area (Å²) >= 11 is 0. The van der Waals surface area contributed by atoms with Crippen LogP contribution in [0, 0.1) is 0 Å². The van der Waals surface area contributed by atoms with Gasteiger partial charge in [-0.1, -0.05) is 30.3 Å². The molecule has 0 spiro atoms. The minimum atomic E-state index is -0.552. The highest BCUT2D eigenvalue weighted by atomic mass is 16.6. The smallest absolute Gasteiger partial charge is 0.417 e. The molecule has 2 heterocycles.